The van der Waals surface area contributed by atoms with Crippen LogP contribution in [0.3, 0.4) is 0 Å². The van der Waals surface area contributed by atoms with Gasteiger partial charge in [0, 0.05) is 16.8 Å². The van der Waals surface area contributed by atoms with E-state index in [0.29, 0.717) is 11.9 Å². The summed E-state index contributed by atoms with van der Waals surface area (Å²) in [4.78, 5) is 1.37. The normalized spacial score (nSPS) is 13.3. The summed E-state index contributed by atoms with van der Waals surface area (Å²) in [5, 5.41) is 5.32. The molecule has 1 heterocycles. The monoisotopic (exact) mass is 189 g/mol. The molecule has 1 N–H and O–H groups in total. The Balaban J connectivity index is 2.56. The highest BCUT2D eigenvalue weighted by Gasteiger charge is 2.07. The lowest BCUT2D eigenvalue weighted by Crippen LogP contribution is -2.15. The Kier molecular flexibility index (Phi) is 3.91. The van der Waals surface area contributed by atoms with Gasteiger partial charge in [0.2, 0.25) is 0 Å². The summed E-state index contributed by atoms with van der Waals surface area (Å²) in [5.74, 6) is 0.712. The third-order valence-electron chi connectivity index (χ3n) is 1.63. The van der Waals surface area contributed by atoms with E-state index in [9.17, 15) is 0 Å². The average molecular weight is 190 g/mol. The maximum Gasteiger partial charge on any atom is 0.0423 e. The highest BCUT2D eigenvalue weighted by Crippen LogP contribution is 2.21. The van der Waals surface area contributed by atoms with Crippen LogP contribution in [-0.4, -0.2) is 12.9 Å². The van der Waals surface area contributed by atoms with Gasteiger partial charge < -0.3 is 5.32 Å². The largest absolute Gasteiger partial charge is 0.312 e. The van der Waals surface area contributed by atoms with Gasteiger partial charge in [-0.25, -0.2) is 0 Å². The average Bonchev–Trinajstić information content (AvgIpc) is 2.52. The minimum Gasteiger partial charge on any atom is -0.312 e. The highest BCUT2D eigenvalue weighted by atomic mass is 35.5. The van der Waals surface area contributed by atoms with Crippen LogP contribution < -0.4 is 5.32 Å². The lowest BCUT2D eigenvalue weighted by atomic mass is 10.2. The fraction of sp³-hybridized carbons (Fsp3) is 0.500. The van der Waals surface area contributed by atoms with Gasteiger partial charge in [-0.1, -0.05) is 6.07 Å². The first-order valence-electron chi connectivity index (χ1n) is 3.65. The minimum atomic E-state index is 0.437. The van der Waals surface area contributed by atoms with E-state index in [4.69, 9.17) is 11.6 Å². The molecule has 11 heavy (non-hydrogen) atoms. The third kappa shape index (κ3) is 2.47. The Morgan fingerprint density at radius 3 is 3.00 bits per heavy atom. The number of alkyl halides is 1. The van der Waals surface area contributed by atoms with Crippen LogP contribution in [0.1, 0.15) is 17.3 Å². The third-order valence-corrected chi connectivity index (χ3v) is 2.84. The van der Waals surface area contributed by atoms with Crippen LogP contribution in [0, 0.1) is 0 Å². The number of thiophene rings is 1. The molecule has 1 nitrogen and oxygen atoms in total. The molecule has 0 spiro atoms. The maximum absolute atomic E-state index is 5.66. The van der Waals surface area contributed by atoms with Gasteiger partial charge in [-0.3, -0.25) is 0 Å². The van der Waals surface area contributed by atoms with Crippen molar-refractivity contribution in [1.82, 2.24) is 5.32 Å². The smallest absolute Gasteiger partial charge is 0.0423 e. The van der Waals surface area contributed by atoms with Crippen LogP contribution in [0.2, 0.25) is 0 Å². The van der Waals surface area contributed by atoms with Gasteiger partial charge in [0.1, 0.15) is 0 Å². The maximum atomic E-state index is 5.66. The first-order chi connectivity index (χ1) is 5.38. The van der Waals surface area contributed by atoms with Crippen LogP contribution in [0.15, 0.2) is 17.5 Å². The molecule has 0 radical (unpaired) electrons. The number of hydrogen-bond donors (Lipinski definition) is 1. The van der Waals surface area contributed by atoms with Crippen LogP contribution in [0.25, 0.3) is 0 Å². The molecule has 0 saturated heterocycles. The van der Waals surface area contributed by atoms with Gasteiger partial charge in [0.25, 0.3) is 0 Å². The topological polar surface area (TPSA) is 12.0 Å². The molecular weight excluding hydrogens is 178 g/mol. The van der Waals surface area contributed by atoms with Crippen molar-refractivity contribution in [2.45, 2.75) is 12.5 Å². The van der Waals surface area contributed by atoms with Gasteiger partial charge >= 0.3 is 0 Å². The fourth-order valence-electron chi connectivity index (χ4n) is 1.03. The van der Waals surface area contributed by atoms with Crippen molar-refractivity contribution >= 4 is 22.9 Å². The summed E-state index contributed by atoms with van der Waals surface area (Å²) < 4.78 is 0. The Morgan fingerprint density at radius 2 is 2.55 bits per heavy atom. The van der Waals surface area contributed by atoms with Crippen LogP contribution in [-0.2, 0) is 0 Å². The molecule has 1 aromatic heterocycles. The molecule has 1 rings (SSSR count). The lowest BCUT2D eigenvalue weighted by Gasteiger charge is -2.11. The van der Waals surface area contributed by atoms with Crippen molar-refractivity contribution in [3.63, 3.8) is 0 Å². The zero-order valence-corrected chi connectivity index (χ0v) is 8.08. The molecule has 0 fully saturated rings. The summed E-state index contributed by atoms with van der Waals surface area (Å²) in [7, 11) is 1.97. The van der Waals surface area contributed by atoms with Gasteiger partial charge in [0.15, 0.2) is 0 Å². The fourth-order valence-corrected chi connectivity index (χ4v) is 2.12. The van der Waals surface area contributed by atoms with Gasteiger partial charge in [0.05, 0.1) is 0 Å². The van der Waals surface area contributed by atoms with Gasteiger partial charge in [-0.05, 0) is 24.9 Å². The summed E-state index contributed by atoms with van der Waals surface area (Å²) in [6.45, 7) is 0. The van der Waals surface area contributed by atoms with Gasteiger partial charge in [-0.2, -0.15) is 0 Å². The number of hydrogen-bond acceptors (Lipinski definition) is 2. The van der Waals surface area contributed by atoms with Crippen molar-refractivity contribution in [1.29, 1.82) is 0 Å². The molecule has 0 bridgehead atoms. The van der Waals surface area contributed by atoms with Crippen LogP contribution in [0.4, 0.5) is 0 Å². The van der Waals surface area contributed by atoms with E-state index in [-0.39, 0.29) is 0 Å². The van der Waals surface area contributed by atoms with Crippen LogP contribution in [0.5, 0.6) is 0 Å². The number of nitrogens with one attached hydrogen (secondary N) is 1. The molecular formula is C8H12ClNS. The first-order valence-corrected chi connectivity index (χ1v) is 5.06. The van der Waals surface area contributed by atoms with E-state index in [1.807, 2.05) is 7.05 Å². The summed E-state index contributed by atoms with van der Waals surface area (Å²) in [5.41, 5.74) is 0. The lowest BCUT2D eigenvalue weighted by molar-refractivity contribution is 0.589. The van der Waals surface area contributed by atoms with Crippen molar-refractivity contribution < 1.29 is 0 Å². The zero-order chi connectivity index (χ0) is 8.10. The van der Waals surface area contributed by atoms with E-state index < -0.39 is 0 Å². The van der Waals surface area contributed by atoms with Crippen LogP contribution >= 0.6 is 22.9 Å². The molecule has 62 valence electrons. The Bertz CT molecular complexity index is 186. The summed E-state index contributed by atoms with van der Waals surface area (Å²) in [6, 6.07) is 4.64. The molecule has 0 aliphatic heterocycles. The second kappa shape index (κ2) is 4.75. The standard InChI is InChI=1S/C8H12ClNS/c1-10-7(4-5-9)8-3-2-6-11-8/h2-3,6-7,10H,4-5H2,1H3/t7-/m0/s1. The summed E-state index contributed by atoms with van der Waals surface area (Å²) in [6.07, 6.45) is 0.999. The Hall–Kier alpha value is -0.0500. The molecule has 0 saturated carbocycles. The molecule has 0 aliphatic rings. The Labute approximate surface area is 76.4 Å². The summed E-state index contributed by atoms with van der Waals surface area (Å²) >= 11 is 7.43. The van der Waals surface area contributed by atoms with Crippen molar-refractivity contribution in [2.75, 3.05) is 12.9 Å². The molecule has 0 aliphatic carbocycles. The highest BCUT2D eigenvalue weighted by molar-refractivity contribution is 7.10. The second-order valence-corrected chi connectivity index (χ2v) is 3.69. The molecule has 0 aromatic carbocycles. The predicted molar refractivity (Wildman–Crippen MR) is 51.5 cm³/mol. The van der Waals surface area contributed by atoms with Crippen molar-refractivity contribution in [3.8, 4) is 0 Å². The predicted octanol–water partition coefficient (Wildman–Crippen LogP) is 2.64. The van der Waals surface area contributed by atoms with Crippen molar-refractivity contribution in [2.24, 2.45) is 0 Å². The van der Waals surface area contributed by atoms with E-state index in [1.54, 1.807) is 11.3 Å². The first kappa shape index (κ1) is 9.04. The molecule has 1 aromatic rings. The molecule has 1 atom stereocenters. The SMILES string of the molecule is CN[C@@H](CCCl)c1cccs1. The zero-order valence-electron chi connectivity index (χ0n) is 6.51. The second-order valence-electron chi connectivity index (χ2n) is 2.33. The van der Waals surface area contributed by atoms with E-state index in [1.165, 1.54) is 4.88 Å². The van der Waals surface area contributed by atoms with E-state index in [0.717, 1.165) is 6.42 Å². The Morgan fingerprint density at radius 1 is 1.73 bits per heavy atom. The minimum absolute atomic E-state index is 0.437. The number of rotatable bonds is 4. The van der Waals surface area contributed by atoms with E-state index >= 15 is 0 Å². The van der Waals surface area contributed by atoms with Gasteiger partial charge in [-0.15, -0.1) is 22.9 Å². The van der Waals surface area contributed by atoms with E-state index in [2.05, 4.69) is 22.8 Å². The molecule has 3 heteroatoms. The quantitative estimate of drug-likeness (QED) is 0.719. The molecule has 0 amide bonds. The van der Waals surface area contributed by atoms with Crippen molar-refractivity contribution in [3.05, 3.63) is 22.4 Å². The molecule has 0 unspecified atom stereocenters. The number of halogens is 1.